The van der Waals surface area contributed by atoms with Gasteiger partial charge in [0.2, 0.25) is 0 Å². The van der Waals surface area contributed by atoms with Gasteiger partial charge in [0.1, 0.15) is 0 Å². The highest BCUT2D eigenvalue weighted by Gasteiger charge is 2.35. The molecule has 0 heterocycles. The summed E-state index contributed by atoms with van der Waals surface area (Å²) in [5.74, 6) is 0. The molecule has 0 aliphatic heterocycles. The highest BCUT2D eigenvalue weighted by atomic mass is 28.4. The molecule has 0 aliphatic carbocycles. The summed E-state index contributed by atoms with van der Waals surface area (Å²) in [6.45, 7) is 11.3. The van der Waals surface area contributed by atoms with Crippen molar-refractivity contribution in [2.75, 3.05) is 7.11 Å². The second-order valence-electron chi connectivity index (χ2n) is 3.70. The topological polar surface area (TPSA) is 9.23 Å². The van der Waals surface area contributed by atoms with Crippen LogP contribution in [0.3, 0.4) is 0 Å². The summed E-state index contributed by atoms with van der Waals surface area (Å²) in [5, 5.41) is 0. The largest absolute Gasteiger partial charge is 0.420 e. The minimum atomic E-state index is -1.38. The number of hydrogen-bond donors (Lipinski definition) is 0. The zero-order valence-electron chi connectivity index (χ0n) is 8.06. The van der Waals surface area contributed by atoms with Crippen molar-refractivity contribution in [3.63, 3.8) is 0 Å². The van der Waals surface area contributed by atoms with Crippen LogP contribution in [0.2, 0.25) is 17.6 Å². The first-order valence-electron chi connectivity index (χ1n) is 4.00. The third-order valence-electron chi connectivity index (χ3n) is 2.73. The van der Waals surface area contributed by atoms with E-state index in [1.165, 1.54) is 0 Å². The highest BCUT2D eigenvalue weighted by molar-refractivity contribution is 6.75. The highest BCUT2D eigenvalue weighted by Crippen LogP contribution is 2.31. The summed E-state index contributed by atoms with van der Waals surface area (Å²) in [4.78, 5) is 0. The second-order valence-corrected chi connectivity index (χ2v) is 8.78. The van der Waals surface area contributed by atoms with E-state index >= 15 is 0 Å². The zero-order valence-corrected chi connectivity index (χ0v) is 9.06. The average Bonchev–Trinajstić information content (AvgIpc) is 1.85. The van der Waals surface area contributed by atoms with Gasteiger partial charge in [0.05, 0.1) is 0 Å². The quantitative estimate of drug-likeness (QED) is 0.577. The number of rotatable bonds is 3. The molecular weight excluding hydrogens is 140 g/mol. The van der Waals surface area contributed by atoms with Gasteiger partial charge in [-0.1, -0.05) is 27.7 Å². The maximum absolute atomic E-state index is 5.60. The Balaban J connectivity index is 4.23. The van der Waals surface area contributed by atoms with Crippen molar-refractivity contribution >= 4 is 8.32 Å². The molecule has 0 saturated carbocycles. The van der Waals surface area contributed by atoms with E-state index in [2.05, 4.69) is 34.2 Å². The molecule has 0 aromatic heterocycles. The Labute approximate surface area is 65.9 Å². The predicted molar refractivity (Wildman–Crippen MR) is 48.8 cm³/mol. The van der Waals surface area contributed by atoms with Gasteiger partial charge in [0.25, 0.3) is 0 Å². The van der Waals surface area contributed by atoms with Crippen molar-refractivity contribution in [2.24, 2.45) is 0 Å². The molecule has 0 aromatic carbocycles. The lowest BCUT2D eigenvalue weighted by molar-refractivity contribution is 0.378. The van der Waals surface area contributed by atoms with Crippen molar-refractivity contribution < 1.29 is 4.43 Å². The molecule has 0 radical (unpaired) electrons. The molecule has 10 heavy (non-hydrogen) atoms. The molecule has 1 nitrogen and oxygen atoms in total. The lowest BCUT2D eigenvalue weighted by Crippen LogP contribution is -2.39. The Hall–Kier alpha value is 0.177. The zero-order chi connectivity index (χ0) is 8.36. The van der Waals surface area contributed by atoms with Crippen molar-refractivity contribution in [1.82, 2.24) is 0 Å². The first kappa shape index (κ1) is 10.2. The van der Waals surface area contributed by atoms with Crippen LogP contribution >= 0.6 is 0 Å². The van der Waals surface area contributed by atoms with Gasteiger partial charge in [-0.25, -0.2) is 0 Å². The Morgan fingerprint density at radius 3 is 1.30 bits per heavy atom. The summed E-state index contributed by atoms with van der Waals surface area (Å²) in [7, 11) is 0.475. The lowest BCUT2D eigenvalue weighted by Gasteiger charge is -2.33. The van der Waals surface area contributed by atoms with Crippen LogP contribution in [0.1, 0.15) is 27.7 Å². The van der Waals surface area contributed by atoms with Gasteiger partial charge in [0.15, 0.2) is 8.32 Å². The maximum Gasteiger partial charge on any atom is 0.194 e. The first-order chi connectivity index (χ1) is 4.45. The van der Waals surface area contributed by atoms with Gasteiger partial charge in [-0.3, -0.25) is 0 Å². The fraction of sp³-hybridized carbons (Fsp3) is 1.00. The average molecular weight is 160 g/mol. The van der Waals surface area contributed by atoms with Gasteiger partial charge in [-0.05, 0) is 17.6 Å². The molecule has 0 aromatic rings. The maximum atomic E-state index is 5.60. The standard InChI is InChI=1S/C8H20OSi/c1-7(2)10(6,9-5)8(3)4/h7-8H,1-6H3. The van der Waals surface area contributed by atoms with Gasteiger partial charge >= 0.3 is 0 Å². The van der Waals surface area contributed by atoms with Crippen molar-refractivity contribution in [1.29, 1.82) is 0 Å². The van der Waals surface area contributed by atoms with Crippen LogP contribution in [0.4, 0.5) is 0 Å². The molecule has 0 spiro atoms. The fourth-order valence-electron chi connectivity index (χ4n) is 1.14. The van der Waals surface area contributed by atoms with Crippen LogP contribution in [0.25, 0.3) is 0 Å². The molecular formula is C8H20OSi. The van der Waals surface area contributed by atoms with Crippen LogP contribution in [-0.4, -0.2) is 15.4 Å². The molecule has 0 unspecified atom stereocenters. The van der Waals surface area contributed by atoms with Crippen molar-refractivity contribution in [3.8, 4) is 0 Å². The van der Waals surface area contributed by atoms with E-state index in [1.54, 1.807) is 0 Å². The van der Waals surface area contributed by atoms with Gasteiger partial charge < -0.3 is 4.43 Å². The molecule has 2 heteroatoms. The Morgan fingerprint density at radius 2 is 1.30 bits per heavy atom. The summed E-state index contributed by atoms with van der Waals surface area (Å²) >= 11 is 0. The molecule has 0 rings (SSSR count). The van der Waals surface area contributed by atoms with E-state index in [0.717, 1.165) is 11.1 Å². The van der Waals surface area contributed by atoms with E-state index < -0.39 is 8.32 Å². The normalized spacial score (nSPS) is 13.2. The van der Waals surface area contributed by atoms with Crippen molar-refractivity contribution in [2.45, 2.75) is 45.3 Å². The van der Waals surface area contributed by atoms with E-state index in [0.29, 0.717) is 0 Å². The van der Waals surface area contributed by atoms with Crippen LogP contribution < -0.4 is 0 Å². The summed E-state index contributed by atoms with van der Waals surface area (Å²) in [6, 6.07) is 0. The van der Waals surface area contributed by atoms with Crippen molar-refractivity contribution in [3.05, 3.63) is 0 Å². The summed E-state index contributed by atoms with van der Waals surface area (Å²) < 4.78 is 5.60. The van der Waals surface area contributed by atoms with Crippen LogP contribution in [0.15, 0.2) is 0 Å². The van der Waals surface area contributed by atoms with E-state index in [4.69, 9.17) is 4.43 Å². The summed E-state index contributed by atoms with van der Waals surface area (Å²) in [5.41, 5.74) is 1.44. The summed E-state index contributed by atoms with van der Waals surface area (Å²) in [6.07, 6.45) is 0. The lowest BCUT2D eigenvalue weighted by atomic mass is 10.5. The van der Waals surface area contributed by atoms with E-state index in [1.807, 2.05) is 7.11 Å². The third-order valence-corrected chi connectivity index (χ3v) is 8.20. The van der Waals surface area contributed by atoms with Crippen LogP contribution in [-0.2, 0) is 4.43 Å². The van der Waals surface area contributed by atoms with Gasteiger partial charge in [-0.15, -0.1) is 0 Å². The smallest absolute Gasteiger partial charge is 0.194 e. The Bertz CT molecular complexity index is 91.4. The molecule has 0 saturated heterocycles. The Morgan fingerprint density at radius 1 is 1.00 bits per heavy atom. The molecule has 0 amide bonds. The first-order valence-corrected chi connectivity index (χ1v) is 6.56. The van der Waals surface area contributed by atoms with Gasteiger partial charge in [-0.2, -0.15) is 0 Å². The molecule has 0 fully saturated rings. The minimum absolute atomic E-state index is 0.720. The molecule has 0 N–H and O–H groups in total. The molecule has 0 aliphatic rings. The molecule has 0 atom stereocenters. The monoisotopic (exact) mass is 160 g/mol. The Kier molecular flexibility index (Phi) is 3.60. The van der Waals surface area contributed by atoms with Crippen LogP contribution in [0.5, 0.6) is 0 Å². The predicted octanol–water partition coefficient (Wildman–Crippen LogP) is 3.03. The third kappa shape index (κ3) is 1.83. The van der Waals surface area contributed by atoms with Crippen LogP contribution in [0, 0.1) is 0 Å². The SMILES string of the molecule is CO[Si](C)(C(C)C)C(C)C. The fourth-order valence-corrected chi connectivity index (χ4v) is 3.41. The molecule has 0 bridgehead atoms. The van der Waals surface area contributed by atoms with E-state index in [-0.39, 0.29) is 0 Å². The number of hydrogen-bond acceptors (Lipinski definition) is 1. The second kappa shape index (κ2) is 3.53. The minimum Gasteiger partial charge on any atom is -0.420 e. The molecule has 62 valence electrons. The van der Waals surface area contributed by atoms with E-state index in [9.17, 15) is 0 Å². The van der Waals surface area contributed by atoms with Gasteiger partial charge in [0, 0.05) is 7.11 Å².